The lowest BCUT2D eigenvalue weighted by Crippen LogP contribution is -2.53. The Kier molecular flexibility index (Phi) is 6.21. The summed E-state index contributed by atoms with van der Waals surface area (Å²) in [5, 5.41) is 2.92. The molecule has 2 aromatic rings. The molecule has 160 valence electrons. The van der Waals surface area contributed by atoms with Gasteiger partial charge < -0.3 is 24.3 Å². The number of aromatic nitrogens is 1. The first-order chi connectivity index (χ1) is 14.6. The number of urea groups is 1. The molecule has 2 aromatic heterocycles. The summed E-state index contributed by atoms with van der Waals surface area (Å²) < 4.78 is 11.3. The van der Waals surface area contributed by atoms with Crippen molar-refractivity contribution in [3.63, 3.8) is 0 Å². The molecule has 8 nitrogen and oxygen atoms in total. The lowest BCUT2D eigenvalue weighted by Gasteiger charge is -2.34. The second-order valence-electron chi connectivity index (χ2n) is 7.88. The molecule has 1 aliphatic heterocycles. The van der Waals surface area contributed by atoms with Crippen molar-refractivity contribution in [2.24, 2.45) is 0 Å². The average molecular weight is 412 g/mol. The van der Waals surface area contributed by atoms with E-state index in [2.05, 4.69) is 10.3 Å². The number of rotatable bonds is 5. The number of nitrogens with zero attached hydrogens (tertiary/aromatic N) is 3. The summed E-state index contributed by atoms with van der Waals surface area (Å²) in [5.41, 5.74) is 0.920. The third kappa shape index (κ3) is 4.93. The fourth-order valence-electron chi connectivity index (χ4n) is 3.87. The molecule has 1 saturated carbocycles. The summed E-state index contributed by atoms with van der Waals surface area (Å²) in [4.78, 5) is 32.7. The molecule has 1 aliphatic carbocycles. The number of furan rings is 1. The highest BCUT2D eigenvalue weighted by Crippen LogP contribution is 2.22. The number of piperazine rings is 1. The van der Waals surface area contributed by atoms with E-state index in [1.165, 1.54) is 12.8 Å². The van der Waals surface area contributed by atoms with Crippen LogP contribution in [0, 0.1) is 6.92 Å². The van der Waals surface area contributed by atoms with E-state index in [4.69, 9.17) is 9.15 Å². The van der Waals surface area contributed by atoms with Crippen molar-refractivity contribution in [3.8, 4) is 5.88 Å². The molecule has 2 fully saturated rings. The molecule has 0 spiro atoms. The smallest absolute Gasteiger partial charge is 0.317 e. The Morgan fingerprint density at radius 2 is 1.83 bits per heavy atom. The molecule has 0 unspecified atom stereocenters. The highest BCUT2D eigenvalue weighted by molar-refractivity contribution is 5.91. The molecule has 0 atom stereocenters. The van der Waals surface area contributed by atoms with Crippen molar-refractivity contribution in [2.45, 2.75) is 45.3 Å². The van der Waals surface area contributed by atoms with Gasteiger partial charge in [0, 0.05) is 45.0 Å². The maximum Gasteiger partial charge on any atom is 0.317 e. The molecule has 30 heavy (non-hydrogen) atoms. The van der Waals surface area contributed by atoms with E-state index in [1.54, 1.807) is 28.1 Å². The van der Waals surface area contributed by atoms with Crippen LogP contribution in [-0.2, 0) is 6.54 Å². The number of amides is 3. The largest absolute Gasteiger partial charge is 0.474 e. The fraction of sp³-hybridized carbons (Fsp3) is 0.500. The average Bonchev–Trinajstić information content (AvgIpc) is 3.44. The SMILES string of the molecule is Cc1ccc(C(=O)N2CCN(C(=O)NCc3ccc(OC4CCCC4)nc3)CC2)o1. The van der Waals surface area contributed by atoms with E-state index in [-0.39, 0.29) is 18.0 Å². The van der Waals surface area contributed by atoms with Crippen LogP contribution >= 0.6 is 0 Å². The number of ether oxygens (including phenoxy) is 1. The summed E-state index contributed by atoms with van der Waals surface area (Å²) >= 11 is 0. The molecule has 1 saturated heterocycles. The van der Waals surface area contributed by atoms with Crippen LogP contribution in [-0.4, -0.2) is 59.0 Å². The van der Waals surface area contributed by atoms with Crippen molar-refractivity contribution in [1.82, 2.24) is 20.1 Å². The number of hydrogen-bond acceptors (Lipinski definition) is 5. The van der Waals surface area contributed by atoms with Crippen molar-refractivity contribution in [3.05, 3.63) is 47.5 Å². The van der Waals surface area contributed by atoms with E-state index in [0.29, 0.717) is 50.1 Å². The summed E-state index contributed by atoms with van der Waals surface area (Å²) in [6.07, 6.45) is 6.66. The first-order valence-electron chi connectivity index (χ1n) is 10.6. The maximum atomic E-state index is 12.5. The second kappa shape index (κ2) is 9.19. The number of carbonyl (C=O) groups is 2. The number of carbonyl (C=O) groups excluding carboxylic acids is 2. The van der Waals surface area contributed by atoms with Gasteiger partial charge in [-0.1, -0.05) is 6.07 Å². The van der Waals surface area contributed by atoms with Gasteiger partial charge in [0.1, 0.15) is 11.9 Å². The molecule has 3 amide bonds. The Balaban J connectivity index is 1.20. The quantitative estimate of drug-likeness (QED) is 0.816. The van der Waals surface area contributed by atoms with E-state index in [9.17, 15) is 9.59 Å². The molecule has 4 rings (SSSR count). The van der Waals surface area contributed by atoms with E-state index >= 15 is 0 Å². The second-order valence-corrected chi connectivity index (χ2v) is 7.88. The van der Waals surface area contributed by atoms with Crippen LogP contribution in [0.3, 0.4) is 0 Å². The van der Waals surface area contributed by atoms with Crippen LogP contribution < -0.4 is 10.1 Å². The molecule has 0 radical (unpaired) electrons. The zero-order valence-electron chi connectivity index (χ0n) is 17.3. The summed E-state index contributed by atoms with van der Waals surface area (Å²) in [6.45, 7) is 4.17. The van der Waals surface area contributed by atoms with Gasteiger partial charge >= 0.3 is 6.03 Å². The third-order valence-corrected chi connectivity index (χ3v) is 5.64. The molecule has 8 heteroatoms. The van der Waals surface area contributed by atoms with Gasteiger partial charge in [-0.3, -0.25) is 4.79 Å². The van der Waals surface area contributed by atoms with Gasteiger partial charge in [-0.25, -0.2) is 9.78 Å². The summed E-state index contributed by atoms with van der Waals surface area (Å²) in [5.74, 6) is 1.57. The molecular formula is C22H28N4O4. The van der Waals surface area contributed by atoms with Gasteiger partial charge in [0.25, 0.3) is 5.91 Å². The first kappa shape index (κ1) is 20.3. The number of nitrogens with one attached hydrogen (secondary N) is 1. The topological polar surface area (TPSA) is 87.9 Å². The van der Waals surface area contributed by atoms with Gasteiger partial charge in [-0.15, -0.1) is 0 Å². The van der Waals surface area contributed by atoms with E-state index in [1.807, 2.05) is 19.1 Å². The normalized spacial score (nSPS) is 17.2. The van der Waals surface area contributed by atoms with E-state index < -0.39 is 0 Å². The third-order valence-electron chi connectivity index (χ3n) is 5.64. The van der Waals surface area contributed by atoms with Crippen LogP contribution in [0.25, 0.3) is 0 Å². The standard InChI is InChI=1S/C22H28N4O4/c1-16-6-8-19(29-16)21(27)25-10-12-26(13-11-25)22(28)24-15-17-7-9-20(23-14-17)30-18-4-2-3-5-18/h6-9,14,18H,2-5,10-13,15H2,1H3,(H,24,28). The first-order valence-corrected chi connectivity index (χ1v) is 10.6. The van der Waals surface area contributed by atoms with Gasteiger partial charge in [-0.05, 0) is 50.3 Å². The Labute approximate surface area is 176 Å². The van der Waals surface area contributed by atoms with Gasteiger partial charge in [-0.2, -0.15) is 0 Å². The minimum atomic E-state index is -0.137. The monoisotopic (exact) mass is 412 g/mol. The predicted octanol–water partition coefficient (Wildman–Crippen LogP) is 2.97. The van der Waals surface area contributed by atoms with Crippen LogP contribution in [0.15, 0.2) is 34.9 Å². The Bertz CT molecular complexity index is 866. The molecule has 3 heterocycles. The minimum absolute atomic E-state index is 0.130. The number of aryl methyl sites for hydroxylation is 1. The number of hydrogen-bond donors (Lipinski definition) is 1. The molecule has 0 bridgehead atoms. The van der Waals surface area contributed by atoms with Crippen molar-refractivity contribution in [1.29, 1.82) is 0 Å². The maximum absolute atomic E-state index is 12.5. The van der Waals surface area contributed by atoms with E-state index in [0.717, 1.165) is 18.4 Å². The van der Waals surface area contributed by atoms with Crippen LogP contribution in [0.4, 0.5) is 4.79 Å². The van der Waals surface area contributed by atoms with Crippen LogP contribution in [0.2, 0.25) is 0 Å². The fourth-order valence-corrected chi connectivity index (χ4v) is 3.87. The highest BCUT2D eigenvalue weighted by Gasteiger charge is 2.26. The summed E-state index contributed by atoms with van der Waals surface area (Å²) in [6, 6.07) is 7.12. The molecular weight excluding hydrogens is 384 g/mol. The van der Waals surface area contributed by atoms with Crippen molar-refractivity contribution >= 4 is 11.9 Å². The molecule has 1 N–H and O–H groups in total. The Hall–Kier alpha value is -3.03. The Morgan fingerprint density at radius 1 is 1.10 bits per heavy atom. The summed E-state index contributed by atoms with van der Waals surface area (Å²) in [7, 11) is 0. The van der Waals surface area contributed by atoms with Gasteiger partial charge in [0.05, 0.1) is 0 Å². The highest BCUT2D eigenvalue weighted by atomic mass is 16.5. The van der Waals surface area contributed by atoms with Crippen LogP contribution in [0.5, 0.6) is 5.88 Å². The molecule has 0 aromatic carbocycles. The van der Waals surface area contributed by atoms with Crippen LogP contribution in [0.1, 0.15) is 47.6 Å². The molecule has 2 aliphatic rings. The lowest BCUT2D eigenvalue weighted by atomic mass is 10.2. The zero-order valence-corrected chi connectivity index (χ0v) is 17.3. The van der Waals surface area contributed by atoms with Crippen molar-refractivity contribution in [2.75, 3.05) is 26.2 Å². The minimum Gasteiger partial charge on any atom is -0.474 e. The van der Waals surface area contributed by atoms with Gasteiger partial charge in [0.2, 0.25) is 5.88 Å². The van der Waals surface area contributed by atoms with Crippen molar-refractivity contribution < 1.29 is 18.7 Å². The predicted molar refractivity (Wildman–Crippen MR) is 110 cm³/mol. The Morgan fingerprint density at radius 3 is 2.47 bits per heavy atom. The lowest BCUT2D eigenvalue weighted by molar-refractivity contribution is 0.0632. The number of pyridine rings is 1. The zero-order chi connectivity index (χ0) is 20.9. The van der Waals surface area contributed by atoms with Gasteiger partial charge in [0.15, 0.2) is 5.76 Å².